The molecule has 0 spiro atoms. The van der Waals surface area contributed by atoms with E-state index in [4.69, 9.17) is 9.47 Å². The van der Waals surface area contributed by atoms with E-state index in [0.717, 1.165) is 49.2 Å². The first-order valence-corrected chi connectivity index (χ1v) is 9.62. The van der Waals surface area contributed by atoms with Crippen LogP contribution in [0.25, 0.3) is 10.9 Å². The topological polar surface area (TPSA) is 54.6 Å². The molecule has 0 radical (unpaired) electrons. The zero-order valence-corrected chi connectivity index (χ0v) is 16.6. The summed E-state index contributed by atoms with van der Waals surface area (Å²) < 4.78 is 10.8. The Morgan fingerprint density at radius 1 is 1.14 bits per heavy atom. The smallest absolute Gasteiger partial charge is 0.210 e. The molecule has 1 amide bonds. The molecule has 5 nitrogen and oxygen atoms in total. The van der Waals surface area contributed by atoms with E-state index < -0.39 is 0 Å². The zero-order chi connectivity index (χ0) is 19.7. The summed E-state index contributed by atoms with van der Waals surface area (Å²) in [4.78, 5) is 17.1. The summed E-state index contributed by atoms with van der Waals surface area (Å²) in [6.07, 6.45) is 5.60. The molecule has 0 saturated heterocycles. The molecule has 1 atom stereocenters. The van der Waals surface area contributed by atoms with Crippen molar-refractivity contribution < 1.29 is 14.3 Å². The van der Waals surface area contributed by atoms with Crippen molar-refractivity contribution in [2.24, 2.45) is 0 Å². The van der Waals surface area contributed by atoms with Crippen molar-refractivity contribution in [1.29, 1.82) is 0 Å². The van der Waals surface area contributed by atoms with Gasteiger partial charge in [0.25, 0.3) is 0 Å². The van der Waals surface area contributed by atoms with Crippen molar-refractivity contribution in [3.8, 4) is 11.5 Å². The third-order valence-electron chi connectivity index (χ3n) is 6.14. The number of amides is 1. The molecular formula is C23H26N2O3. The van der Waals surface area contributed by atoms with Gasteiger partial charge < -0.3 is 19.4 Å². The molecule has 5 heteroatoms. The molecule has 3 aromatic rings. The van der Waals surface area contributed by atoms with E-state index in [1.807, 2.05) is 23.1 Å². The summed E-state index contributed by atoms with van der Waals surface area (Å²) in [5, 5.41) is 1.17. The number of methoxy groups -OCH3 is 2. The summed E-state index contributed by atoms with van der Waals surface area (Å²) in [7, 11) is 3.36. The summed E-state index contributed by atoms with van der Waals surface area (Å²) in [6.45, 7) is 2.90. The molecule has 1 aromatic heterocycles. The van der Waals surface area contributed by atoms with Crippen LogP contribution < -0.4 is 9.47 Å². The maximum absolute atomic E-state index is 11.9. The number of H-pyrrole nitrogens is 1. The van der Waals surface area contributed by atoms with E-state index in [1.165, 1.54) is 22.1 Å². The van der Waals surface area contributed by atoms with E-state index in [9.17, 15) is 4.79 Å². The van der Waals surface area contributed by atoms with Crippen LogP contribution in [0.3, 0.4) is 0 Å². The summed E-state index contributed by atoms with van der Waals surface area (Å²) in [5.41, 5.74) is 4.44. The fourth-order valence-corrected chi connectivity index (χ4v) is 4.36. The minimum Gasteiger partial charge on any atom is -0.497 e. The Balaban J connectivity index is 1.69. The van der Waals surface area contributed by atoms with Gasteiger partial charge >= 0.3 is 0 Å². The van der Waals surface area contributed by atoms with Crippen molar-refractivity contribution in [3.05, 3.63) is 59.3 Å². The summed E-state index contributed by atoms with van der Waals surface area (Å²) in [6, 6.07) is 12.3. The van der Waals surface area contributed by atoms with Crippen LogP contribution in [-0.4, -0.2) is 37.1 Å². The van der Waals surface area contributed by atoms with Gasteiger partial charge in [-0.2, -0.15) is 0 Å². The summed E-state index contributed by atoms with van der Waals surface area (Å²) in [5.74, 6) is 1.68. The first-order valence-electron chi connectivity index (χ1n) is 9.62. The number of carbonyl (C=O) groups is 1. The lowest BCUT2D eigenvalue weighted by molar-refractivity contribution is -0.124. The number of hydrogen-bond acceptors (Lipinski definition) is 3. The number of benzene rings is 2. The minimum absolute atomic E-state index is 0.369. The monoisotopic (exact) mass is 378 g/mol. The molecule has 2 heterocycles. The molecule has 1 aliphatic heterocycles. The van der Waals surface area contributed by atoms with Crippen LogP contribution in [0.5, 0.6) is 11.5 Å². The highest BCUT2D eigenvalue weighted by Gasteiger charge is 2.38. The van der Waals surface area contributed by atoms with Gasteiger partial charge in [-0.1, -0.05) is 6.07 Å². The Morgan fingerprint density at radius 3 is 2.64 bits per heavy atom. The van der Waals surface area contributed by atoms with Crippen LogP contribution in [-0.2, 0) is 23.2 Å². The number of nitrogens with zero attached hydrogens (tertiary/aromatic N) is 1. The maximum Gasteiger partial charge on any atom is 0.210 e. The van der Waals surface area contributed by atoms with Crippen molar-refractivity contribution in [1.82, 2.24) is 9.88 Å². The standard InChI is InChI=1S/C23H26N2O3/c1-23(10-8-17-14-24-22-7-6-18(27-2)12-20(17)22)21-13-19(28-3)5-4-16(21)9-11-25(23)15-26/h4-7,12-15,24H,8-11H2,1-3H3/t23-/m0/s1. The third-order valence-corrected chi connectivity index (χ3v) is 6.14. The van der Waals surface area contributed by atoms with Crippen LogP contribution in [0.1, 0.15) is 30.0 Å². The number of carbonyl (C=O) groups excluding carboxylic acids is 1. The Morgan fingerprint density at radius 2 is 1.89 bits per heavy atom. The quantitative estimate of drug-likeness (QED) is 0.659. The molecule has 2 aromatic carbocycles. The van der Waals surface area contributed by atoms with Crippen LogP contribution in [0.15, 0.2) is 42.6 Å². The largest absolute Gasteiger partial charge is 0.497 e. The Kier molecular flexibility index (Phi) is 4.75. The maximum atomic E-state index is 11.9. The second-order valence-corrected chi connectivity index (χ2v) is 7.57. The number of hydrogen-bond donors (Lipinski definition) is 1. The van der Waals surface area contributed by atoms with Gasteiger partial charge in [-0.05, 0) is 73.2 Å². The molecule has 0 bridgehead atoms. The van der Waals surface area contributed by atoms with Crippen molar-refractivity contribution in [2.75, 3.05) is 20.8 Å². The molecular weight excluding hydrogens is 352 g/mol. The Bertz CT molecular complexity index is 1010. The van der Waals surface area contributed by atoms with Gasteiger partial charge in [-0.25, -0.2) is 0 Å². The second-order valence-electron chi connectivity index (χ2n) is 7.57. The lowest BCUT2D eigenvalue weighted by Gasteiger charge is -2.44. The Hall–Kier alpha value is -2.95. The molecule has 0 fully saturated rings. The van der Waals surface area contributed by atoms with Crippen molar-refractivity contribution in [3.63, 3.8) is 0 Å². The minimum atomic E-state index is -0.369. The lowest BCUT2D eigenvalue weighted by atomic mass is 9.78. The molecule has 146 valence electrons. The lowest BCUT2D eigenvalue weighted by Crippen LogP contribution is -2.48. The summed E-state index contributed by atoms with van der Waals surface area (Å²) >= 11 is 0. The number of nitrogens with one attached hydrogen (secondary N) is 1. The van der Waals surface area contributed by atoms with Crippen molar-refractivity contribution in [2.45, 2.75) is 31.7 Å². The SMILES string of the molecule is COc1ccc2c(c1)[C@](C)(CCc1c[nH]c3ccc(OC)cc13)N(C=O)CC2. The fraction of sp³-hybridized carbons (Fsp3) is 0.348. The van der Waals surface area contributed by atoms with Gasteiger partial charge in [0.2, 0.25) is 6.41 Å². The highest BCUT2D eigenvalue weighted by Crippen LogP contribution is 2.40. The first kappa shape index (κ1) is 18.4. The molecule has 0 unspecified atom stereocenters. The Labute approximate surface area is 165 Å². The predicted molar refractivity (Wildman–Crippen MR) is 110 cm³/mol. The van der Waals surface area contributed by atoms with Gasteiger partial charge in [-0.3, -0.25) is 4.79 Å². The van der Waals surface area contributed by atoms with Crippen LogP contribution in [0.4, 0.5) is 0 Å². The first-order chi connectivity index (χ1) is 13.6. The van der Waals surface area contributed by atoms with Gasteiger partial charge in [0.05, 0.1) is 19.8 Å². The average Bonchev–Trinajstić information content (AvgIpc) is 3.14. The number of aromatic nitrogens is 1. The number of fused-ring (bicyclic) bond motifs is 2. The van der Waals surface area contributed by atoms with Crippen LogP contribution in [0.2, 0.25) is 0 Å². The molecule has 28 heavy (non-hydrogen) atoms. The fourth-order valence-electron chi connectivity index (χ4n) is 4.36. The van der Waals surface area contributed by atoms with E-state index >= 15 is 0 Å². The molecule has 0 saturated carbocycles. The van der Waals surface area contributed by atoms with Gasteiger partial charge in [0.15, 0.2) is 0 Å². The predicted octanol–water partition coefficient (Wildman–Crippen LogP) is 4.05. The highest BCUT2D eigenvalue weighted by atomic mass is 16.5. The van der Waals surface area contributed by atoms with Gasteiger partial charge in [-0.15, -0.1) is 0 Å². The number of rotatable bonds is 6. The number of ether oxygens (including phenoxy) is 2. The molecule has 1 aliphatic rings. The second kappa shape index (κ2) is 7.23. The van der Waals surface area contributed by atoms with Crippen LogP contribution >= 0.6 is 0 Å². The third kappa shape index (κ3) is 3.01. The molecule has 4 rings (SSSR count). The molecule has 1 N–H and O–H groups in total. The van der Waals surface area contributed by atoms with Gasteiger partial charge in [0, 0.05) is 23.6 Å². The zero-order valence-electron chi connectivity index (χ0n) is 16.6. The highest BCUT2D eigenvalue weighted by molar-refractivity contribution is 5.84. The molecule has 0 aliphatic carbocycles. The number of aryl methyl sites for hydroxylation is 1. The van der Waals surface area contributed by atoms with E-state index in [2.05, 4.69) is 36.3 Å². The van der Waals surface area contributed by atoms with E-state index in [1.54, 1.807) is 14.2 Å². The van der Waals surface area contributed by atoms with E-state index in [0.29, 0.717) is 0 Å². The van der Waals surface area contributed by atoms with Gasteiger partial charge in [0.1, 0.15) is 11.5 Å². The normalized spacial score (nSPS) is 18.8. The van der Waals surface area contributed by atoms with E-state index in [-0.39, 0.29) is 5.54 Å². The average molecular weight is 378 g/mol. The van der Waals surface area contributed by atoms with Crippen LogP contribution in [0, 0.1) is 0 Å². The van der Waals surface area contributed by atoms with Crippen molar-refractivity contribution >= 4 is 17.3 Å². The number of aromatic amines is 1.